The molecular formula is C20H19BrN4O2. The number of rotatable bonds is 5. The van der Waals surface area contributed by atoms with E-state index in [1.165, 1.54) is 0 Å². The maximum atomic E-state index is 12.4. The van der Waals surface area contributed by atoms with Crippen molar-refractivity contribution in [1.82, 2.24) is 15.3 Å². The maximum Gasteiger partial charge on any atom is 0.240 e. The number of aromatic amines is 1. The van der Waals surface area contributed by atoms with Gasteiger partial charge in [-0.3, -0.25) is 9.59 Å². The second-order valence-corrected chi connectivity index (χ2v) is 7.47. The zero-order valence-corrected chi connectivity index (χ0v) is 16.3. The number of amides is 2. The number of para-hydroxylation sites is 2. The second-order valence-electron chi connectivity index (χ2n) is 6.55. The molecule has 2 heterocycles. The van der Waals surface area contributed by atoms with Crippen LogP contribution in [-0.4, -0.2) is 34.9 Å². The summed E-state index contributed by atoms with van der Waals surface area (Å²) in [6.45, 7) is 0.501. The molecule has 1 aliphatic heterocycles. The van der Waals surface area contributed by atoms with Gasteiger partial charge < -0.3 is 15.2 Å². The van der Waals surface area contributed by atoms with Crippen LogP contribution in [0.25, 0.3) is 11.0 Å². The van der Waals surface area contributed by atoms with Gasteiger partial charge in [-0.05, 0) is 42.3 Å². The molecule has 7 heteroatoms. The molecule has 0 fully saturated rings. The topological polar surface area (TPSA) is 78.1 Å². The first-order valence-corrected chi connectivity index (χ1v) is 9.68. The summed E-state index contributed by atoms with van der Waals surface area (Å²) in [5.41, 5.74) is 3.81. The van der Waals surface area contributed by atoms with Crippen LogP contribution in [0.5, 0.6) is 0 Å². The summed E-state index contributed by atoms with van der Waals surface area (Å²) >= 11 is 3.45. The van der Waals surface area contributed by atoms with Crippen LogP contribution in [0.1, 0.15) is 17.8 Å². The lowest BCUT2D eigenvalue weighted by Crippen LogP contribution is -2.43. The Kier molecular flexibility index (Phi) is 4.94. The van der Waals surface area contributed by atoms with Crippen LogP contribution in [0.15, 0.2) is 46.9 Å². The van der Waals surface area contributed by atoms with Crippen LogP contribution in [0.2, 0.25) is 0 Å². The van der Waals surface area contributed by atoms with Crippen molar-refractivity contribution in [2.24, 2.45) is 0 Å². The Hall–Kier alpha value is -2.67. The number of anilines is 1. The molecule has 1 aliphatic rings. The Morgan fingerprint density at radius 2 is 2.07 bits per heavy atom. The highest BCUT2D eigenvalue weighted by Gasteiger charge is 2.25. The van der Waals surface area contributed by atoms with Crippen molar-refractivity contribution >= 4 is 44.5 Å². The van der Waals surface area contributed by atoms with Crippen LogP contribution in [0, 0.1) is 0 Å². The van der Waals surface area contributed by atoms with E-state index in [1.54, 1.807) is 4.90 Å². The van der Waals surface area contributed by atoms with Gasteiger partial charge in [0.25, 0.3) is 0 Å². The predicted molar refractivity (Wildman–Crippen MR) is 108 cm³/mol. The fourth-order valence-electron chi connectivity index (χ4n) is 3.35. The van der Waals surface area contributed by atoms with E-state index in [2.05, 4.69) is 31.2 Å². The number of aromatic nitrogens is 2. The monoisotopic (exact) mass is 426 g/mol. The molecule has 2 aromatic carbocycles. The Balaban J connectivity index is 1.36. The van der Waals surface area contributed by atoms with Crippen molar-refractivity contribution in [3.05, 3.63) is 58.3 Å². The lowest BCUT2D eigenvalue weighted by molar-refractivity contribution is -0.124. The van der Waals surface area contributed by atoms with E-state index in [1.807, 2.05) is 42.5 Å². The van der Waals surface area contributed by atoms with E-state index >= 15 is 0 Å². The Labute approximate surface area is 165 Å². The second kappa shape index (κ2) is 7.52. The van der Waals surface area contributed by atoms with Gasteiger partial charge in [-0.25, -0.2) is 4.98 Å². The molecule has 0 spiro atoms. The third-order valence-electron chi connectivity index (χ3n) is 4.67. The third kappa shape index (κ3) is 3.88. The number of halogens is 1. The van der Waals surface area contributed by atoms with Gasteiger partial charge in [0, 0.05) is 29.5 Å². The van der Waals surface area contributed by atoms with Gasteiger partial charge in [0.1, 0.15) is 12.4 Å². The number of nitrogens with zero attached hydrogens (tertiary/aromatic N) is 2. The van der Waals surface area contributed by atoms with Crippen LogP contribution in [0.3, 0.4) is 0 Å². The highest BCUT2D eigenvalue weighted by molar-refractivity contribution is 9.10. The Morgan fingerprint density at radius 3 is 2.93 bits per heavy atom. The maximum absolute atomic E-state index is 12.4. The quantitative estimate of drug-likeness (QED) is 0.658. The summed E-state index contributed by atoms with van der Waals surface area (Å²) in [7, 11) is 0. The van der Waals surface area contributed by atoms with E-state index in [0.717, 1.165) is 32.6 Å². The van der Waals surface area contributed by atoms with Gasteiger partial charge in [-0.1, -0.05) is 28.1 Å². The predicted octanol–water partition coefficient (Wildman–Crippen LogP) is 2.96. The average Bonchev–Trinajstić information content (AvgIpc) is 3.07. The highest BCUT2D eigenvalue weighted by atomic mass is 79.9. The SMILES string of the molecule is O=C(CN1C(=O)CCc2cc(Br)ccc21)NCCc1nc2ccccc2[nH]1. The molecule has 0 saturated heterocycles. The molecule has 2 N–H and O–H groups in total. The van der Waals surface area contributed by atoms with Crippen molar-refractivity contribution in [2.45, 2.75) is 19.3 Å². The van der Waals surface area contributed by atoms with Gasteiger partial charge >= 0.3 is 0 Å². The number of carbonyl (C=O) groups is 2. The van der Waals surface area contributed by atoms with E-state index in [-0.39, 0.29) is 18.4 Å². The minimum atomic E-state index is -0.171. The number of carbonyl (C=O) groups excluding carboxylic acids is 2. The lowest BCUT2D eigenvalue weighted by atomic mass is 10.0. The van der Waals surface area contributed by atoms with Gasteiger partial charge in [-0.15, -0.1) is 0 Å². The molecule has 1 aromatic heterocycles. The minimum absolute atomic E-state index is 0.0164. The first kappa shape index (κ1) is 17.7. The molecule has 138 valence electrons. The molecule has 0 radical (unpaired) electrons. The summed E-state index contributed by atoms with van der Waals surface area (Å²) in [6, 6.07) is 13.6. The van der Waals surface area contributed by atoms with Crippen LogP contribution in [0.4, 0.5) is 5.69 Å². The summed E-state index contributed by atoms with van der Waals surface area (Å²) in [5.74, 6) is 0.647. The molecule has 4 rings (SSSR count). The van der Waals surface area contributed by atoms with Crippen LogP contribution in [-0.2, 0) is 22.4 Å². The first-order valence-electron chi connectivity index (χ1n) is 8.89. The number of nitrogens with one attached hydrogen (secondary N) is 2. The lowest BCUT2D eigenvalue weighted by Gasteiger charge is -2.29. The van der Waals surface area contributed by atoms with E-state index in [4.69, 9.17) is 0 Å². The van der Waals surface area contributed by atoms with Crippen molar-refractivity contribution in [2.75, 3.05) is 18.0 Å². The third-order valence-corrected chi connectivity index (χ3v) is 5.16. The van der Waals surface area contributed by atoms with Crippen molar-refractivity contribution in [3.63, 3.8) is 0 Å². The van der Waals surface area contributed by atoms with Crippen molar-refractivity contribution in [1.29, 1.82) is 0 Å². The number of hydrogen-bond acceptors (Lipinski definition) is 3. The standard InChI is InChI=1S/C20H19BrN4O2/c21-14-6-7-17-13(11-14)5-8-20(27)25(17)12-19(26)22-10-9-18-23-15-3-1-2-4-16(15)24-18/h1-4,6-7,11H,5,8-10,12H2,(H,22,26)(H,23,24). The molecule has 2 amide bonds. The molecular weight excluding hydrogens is 408 g/mol. The van der Waals surface area contributed by atoms with Gasteiger partial charge in [-0.2, -0.15) is 0 Å². The van der Waals surface area contributed by atoms with Crippen molar-refractivity contribution < 1.29 is 9.59 Å². The number of benzene rings is 2. The molecule has 0 aliphatic carbocycles. The zero-order valence-electron chi connectivity index (χ0n) is 14.7. The number of imidazole rings is 1. The normalized spacial score (nSPS) is 13.7. The summed E-state index contributed by atoms with van der Waals surface area (Å²) in [4.78, 5) is 34.0. The summed E-state index contributed by atoms with van der Waals surface area (Å²) in [5, 5.41) is 2.88. The number of aryl methyl sites for hydroxylation is 1. The molecule has 3 aromatic rings. The summed E-state index contributed by atoms with van der Waals surface area (Å²) < 4.78 is 0.978. The summed E-state index contributed by atoms with van der Waals surface area (Å²) in [6.07, 6.45) is 1.74. The highest BCUT2D eigenvalue weighted by Crippen LogP contribution is 2.30. The van der Waals surface area contributed by atoms with E-state index in [9.17, 15) is 9.59 Å². The first-order chi connectivity index (χ1) is 13.1. The minimum Gasteiger partial charge on any atom is -0.354 e. The molecule has 0 atom stereocenters. The number of H-pyrrole nitrogens is 1. The Morgan fingerprint density at radius 1 is 1.22 bits per heavy atom. The molecule has 0 bridgehead atoms. The fourth-order valence-corrected chi connectivity index (χ4v) is 3.75. The number of fused-ring (bicyclic) bond motifs is 2. The van der Waals surface area contributed by atoms with Gasteiger partial charge in [0.15, 0.2) is 0 Å². The number of hydrogen-bond donors (Lipinski definition) is 2. The van der Waals surface area contributed by atoms with Crippen molar-refractivity contribution in [3.8, 4) is 0 Å². The zero-order chi connectivity index (χ0) is 18.8. The van der Waals surface area contributed by atoms with Gasteiger partial charge in [0.2, 0.25) is 11.8 Å². The average molecular weight is 427 g/mol. The fraction of sp³-hybridized carbons (Fsp3) is 0.250. The molecule has 27 heavy (non-hydrogen) atoms. The Bertz CT molecular complexity index is 981. The van der Waals surface area contributed by atoms with E-state index < -0.39 is 0 Å². The van der Waals surface area contributed by atoms with Crippen LogP contribution < -0.4 is 10.2 Å². The molecule has 0 unspecified atom stereocenters. The largest absolute Gasteiger partial charge is 0.354 e. The van der Waals surface area contributed by atoms with Gasteiger partial charge in [0.05, 0.1) is 11.0 Å². The molecule has 0 saturated carbocycles. The van der Waals surface area contributed by atoms with E-state index in [0.29, 0.717) is 25.8 Å². The molecule has 6 nitrogen and oxygen atoms in total. The van der Waals surface area contributed by atoms with Crippen LogP contribution >= 0.6 is 15.9 Å². The smallest absolute Gasteiger partial charge is 0.240 e.